The molecule has 1 amide bonds. The Bertz CT molecular complexity index is 741. The van der Waals surface area contributed by atoms with Crippen molar-refractivity contribution in [3.63, 3.8) is 0 Å². The van der Waals surface area contributed by atoms with Crippen LogP contribution in [0.25, 0.3) is 0 Å². The summed E-state index contributed by atoms with van der Waals surface area (Å²) in [5.74, 6) is 3.75. The monoisotopic (exact) mass is 425 g/mol. The number of hydrogen-bond acceptors (Lipinski definition) is 3. The summed E-state index contributed by atoms with van der Waals surface area (Å²) in [6.07, 6.45) is 12.6. The van der Waals surface area contributed by atoms with Crippen LogP contribution in [0, 0.1) is 23.2 Å². The molecular weight excluding hydrogens is 390 g/mol. The zero-order chi connectivity index (χ0) is 20.6. The summed E-state index contributed by atoms with van der Waals surface area (Å²) < 4.78 is 0. The van der Waals surface area contributed by atoms with Gasteiger partial charge in [0.15, 0.2) is 0 Å². The highest BCUT2D eigenvalue weighted by atomic mass is 32.2. The van der Waals surface area contributed by atoms with Crippen molar-refractivity contribution in [3.8, 4) is 0 Å². The first-order valence-electron chi connectivity index (χ1n) is 12.1. The van der Waals surface area contributed by atoms with Gasteiger partial charge in [0.25, 0.3) is 0 Å². The standard InChI is InChI=1S/C26H35NO2S/c28-24(18-26-15-20-12-21(16-26)14-22(13-20)17-26)27-10-4-9-23(27)25(29)30-11-5-8-19-6-2-1-3-7-19/h1-3,6-7,20-23H,4-5,8-18H2/t20?,21?,22?,23-,26?/m0/s1. The summed E-state index contributed by atoms with van der Waals surface area (Å²) in [6, 6.07) is 10.3. The van der Waals surface area contributed by atoms with Gasteiger partial charge in [0.2, 0.25) is 11.0 Å². The van der Waals surface area contributed by atoms with E-state index in [1.165, 1.54) is 55.9 Å². The Labute approximate surface area is 185 Å². The third-order valence-electron chi connectivity index (χ3n) is 8.23. The molecule has 4 heteroatoms. The molecule has 5 aliphatic rings. The lowest BCUT2D eigenvalue weighted by Gasteiger charge is -2.57. The minimum atomic E-state index is -0.173. The van der Waals surface area contributed by atoms with Crippen LogP contribution in [0.5, 0.6) is 0 Å². The van der Waals surface area contributed by atoms with E-state index in [4.69, 9.17) is 0 Å². The lowest BCUT2D eigenvalue weighted by atomic mass is 9.49. The SMILES string of the molecule is O=C(SCCCc1ccccc1)[C@@H]1CCCN1C(=O)CC12CC3CC(CC(C3)C1)C2. The van der Waals surface area contributed by atoms with Gasteiger partial charge < -0.3 is 4.90 Å². The molecule has 4 saturated carbocycles. The fraction of sp³-hybridized carbons (Fsp3) is 0.692. The Morgan fingerprint density at radius 1 is 1.00 bits per heavy atom. The molecule has 0 radical (unpaired) electrons. The molecule has 0 N–H and O–H groups in total. The van der Waals surface area contributed by atoms with Crippen LogP contribution in [0.4, 0.5) is 0 Å². The second kappa shape index (κ2) is 8.68. The van der Waals surface area contributed by atoms with Crippen LogP contribution in [0.2, 0.25) is 0 Å². The van der Waals surface area contributed by atoms with E-state index in [1.807, 2.05) is 11.0 Å². The van der Waals surface area contributed by atoms with E-state index in [9.17, 15) is 9.59 Å². The number of likely N-dealkylation sites (tertiary alicyclic amines) is 1. The van der Waals surface area contributed by atoms with Crippen LogP contribution < -0.4 is 0 Å². The first-order valence-corrected chi connectivity index (χ1v) is 13.1. The molecular formula is C26H35NO2S. The van der Waals surface area contributed by atoms with Gasteiger partial charge in [-0.1, -0.05) is 42.1 Å². The smallest absolute Gasteiger partial charge is 0.223 e. The molecule has 1 aromatic rings. The quantitative estimate of drug-likeness (QED) is 0.543. The maximum Gasteiger partial charge on any atom is 0.223 e. The number of hydrogen-bond donors (Lipinski definition) is 0. The summed E-state index contributed by atoms with van der Waals surface area (Å²) in [5.41, 5.74) is 1.60. The molecule has 0 spiro atoms. The van der Waals surface area contributed by atoms with E-state index >= 15 is 0 Å². The molecule has 1 atom stereocenters. The molecule has 162 valence electrons. The first kappa shape index (κ1) is 20.6. The van der Waals surface area contributed by atoms with Crippen molar-refractivity contribution >= 4 is 22.8 Å². The maximum atomic E-state index is 13.3. The number of thioether (sulfide) groups is 1. The molecule has 6 rings (SSSR count). The molecule has 1 aromatic carbocycles. The largest absolute Gasteiger partial charge is 0.332 e. The lowest BCUT2D eigenvalue weighted by Crippen LogP contribution is -2.49. The highest BCUT2D eigenvalue weighted by Gasteiger charge is 2.52. The summed E-state index contributed by atoms with van der Waals surface area (Å²) in [5, 5.41) is 0.222. The van der Waals surface area contributed by atoms with Crippen molar-refractivity contribution in [1.82, 2.24) is 4.90 Å². The molecule has 0 aromatic heterocycles. The highest BCUT2D eigenvalue weighted by molar-refractivity contribution is 8.13. The zero-order valence-corrected chi connectivity index (χ0v) is 18.9. The number of aryl methyl sites for hydroxylation is 1. The molecule has 3 nitrogen and oxygen atoms in total. The minimum absolute atomic E-state index is 0.173. The van der Waals surface area contributed by atoms with E-state index in [1.54, 1.807) is 0 Å². The number of benzene rings is 1. The highest BCUT2D eigenvalue weighted by Crippen LogP contribution is 2.61. The van der Waals surface area contributed by atoms with Crippen LogP contribution in [0.3, 0.4) is 0 Å². The van der Waals surface area contributed by atoms with Crippen LogP contribution in [-0.4, -0.2) is 34.3 Å². The fourth-order valence-electron chi connectivity index (χ4n) is 7.43. The van der Waals surface area contributed by atoms with Gasteiger partial charge in [-0.15, -0.1) is 0 Å². The van der Waals surface area contributed by atoms with Gasteiger partial charge in [-0.25, -0.2) is 0 Å². The van der Waals surface area contributed by atoms with Crippen LogP contribution in [-0.2, 0) is 16.0 Å². The third-order valence-corrected chi connectivity index (χ3v) is 9.28. The van der Waals surface area contributed by atoms with Gasteiger partial charge in [-0.2, -0.15) is 0 Å². The van der Waals surface area contributed by atoms with E-state index in [0.717, 1.165) is 55.7 Å². The van der Waals surface area contributed by atoms with Crippen molar-refractivity contribution in [2.75, 3.05) is 12.3 Å². The van der Waals surface area contributed by atoms with Gasteiger partial charge in [0, 0.05) is 18.7 Å². The number of nitrogens with zero attached hydrogens (tertiary/aromatic N) is 1. The normalized spacial score (nSPS) is 34.5. The van der Waals surface area contributed by atoms with Crippen molar-refractivity contribution in [3.05, 3.63) is 35.9 Å². The molecule has 0 unspecified atom stereocenters. The van der Waals surface area contributed by atoms with Gasteiger partial charge in [0.05, 0.1) is 0 Å². The average Bonchev–Trinajstić information content (AvgIpc) is 3.21. The van der Waals surface area contributed by atoms with Crippen LogP contribution in [0.1, 0.15) is 69.8 Å². The average molecular weight is 426 g/mol. The third kappa shape index (κ3) is 4.35. The van der Waals surface area contributed by atoms with Crippen LogP contribution >= 0.6 is 11.8 Å². The van der Waals surface area contributed by atoms with Crippen LogP contribution in [0.15, 0.2) is 30.3 Å². The number of carbonyl (C=O) groups is 2. The Kier molecular flexibility index (Phi) is 5.96. The van der Waals surface area contributed by atoms with Gasteiger partial charge >= 0.3 is 0 Å². The number of carbonyl (C=O) groups excluding carboxylic acids is 2. The van der Waals surface area contributed by atoms with E-state index < -0.39 is 0 Å². The van der Waals surface area contributed by atoms with Gasteiger partial charge in [-0.3, -0.25) is 9.59 Å². The second-order valence-electron chi connectivity index (χ2n) is 10.6. The zero-order valence-electron chi connectivity index (χ0n) is 18.1. The van der Waals surface area contributed by atoms with Crippen molar-refractivity contribution < 1.29 is 9.59 Å². The Hall–Kier alpha value is -1.29. The molecule has 4 bridgehead atoms. The molecule has 5 fully saturated rings. The summed E-state index contributed by atoms with van der Waals surface area (Å²) >= 11 is 1.45. The first-order chi connectivity index (χ1) is 14.6. The Morgan fingerprint density at radius 2 is 1.67 bits per heavy atom. The topological polar surface area (TPSA) is 37.4 Å². The molecule has 1 saturated heterocycles. The predicted molar refractivity (Wildman–Crippen MR) is 122 cm³/mol. The lowest BCUT2D eigenvalue weighted by molar-refractivity contribution is -0.142. The number of rotatable bonds is 7. The summed E-state index contributed by atoms with van der Waals surface area (Å²) in [4.78, 5) is 28.2. The van der Waals surface area contributed by atoms with E-state index in [-0.39, 0.29) is 22.5 Å². The molecule has 1 heterocycles. The van der Waals surface area contributed by atoms with Crippen molar-refractivity contribution in [2.24, 2.45) is 23.2 Å². The van der Waals surface area contributed by atoms with Gasteiger partial charge in [0.1, 0.15) is 6.04 Å². The van der Waals surface area contributed by atoms with Gasteiger partial charge in [-0.05, 0) is 92.9 Å². The Balaban J connectivity index is 1.13. The van der Waals surface area contributed by atoms with Crippen molar-refractivity contribution in [2.45, 2.75) is 76.7 Å². The summed E-state index contributed by atoms with van der Waals surface area (Å²) in [7, 11) is 0. The summed E-state index contributed by atoms with van der Waals surface area (Å²) in [6.45, 7) is 0.784. The molecule has 30 heavy (non-hydrogen) atoms. The Morgan fingerprint density at radius 3 is 2.33 bits per heavy atom. The predicted octanol–water partition coefficient (Wildman–Crippen LogP) is 5.48. The fourth-order valence-corrected chi connectivity index (χ4v) is 8.36. The minimum Gasteiger partial charge on any atom is -0.332 e. The molecule has 4 aliphatic carbocycles. The molecule has 1 aliphatic heterocycles. The number of amides is 1. The van der Waals surface area contributed by atoms with E-state index in [2.05, 4.69) is 24.3 Å². The van der Waals surface area contributed by atoms with E-state index in [0.29, 0.717) is 6.42 Å². The second-order valence-corrected chi connectivity index (χ2v) is 11.7. The maximum absolute atomic E-state index is 13.3. The van der Waals surface area contributed by atoms with Crippen molar-refractivity contribution in [1.29, 1.82) is 0 Å².